The number of hydrogen-bond acceptors (Lipinski definition) is 7. The normalized spacial score (nSPS) is 17.1. The highest BCUT2D eigenvalue weighted by atomic mass is 32.2. The second-order valence-electron chi connectivity index (χ2n) is 7.90. The zero-order valence-electron chi connectivity index (χ0n) is 18.7. The van der Waals surface area contributed by atoms with E-state index in [2.05, 4.69) is 5.32 Å². The Balaban J connectivity index is 1.50. The number of ether oxygens (including phenoxy) is 2. The van der Waals surface area contributed by atoms with Crippen LogP contribution in [-0.4, -0.2) is 68.8 Å². The van der Waals surface area contributed by atoms with Crippen LogP contribution in [0.1, 0.15) is 28.8 Å². The van der Waals surface area contributed by atoms with Crippen LogP contribution in [0.3, 0.4) is 0 Å². The number of likely N-dealkylation sites (tertiary alicyclic amines) is 1. The van der Waals surface area contributed by atoms with Gasteiger partial charge in [0, 0.05) is 31.6 Å². The number of carbonyl (C=O) groups excluding carboxylic acids is 3. The van der Waals surface area contributed by atoms with E-state index < -0.39 is 15.9 Å². The van der Waals surface area contributed by atoms with E-state index in [0.717, 1.165) is 5.56 Å². The fraction of sp³-hybridized carbons (Fsp3) is 0.348. The minimum absolute atomic E-state index is 0.00403. The summed E-state index contributed by atoms with van der Waals surface area (Å²) in [5.74, 6) is -0.683. The maximum absolute atomic E-state index is 13.0. The molecule has 0 aliphatic carbocycles. The Labute approximate surface area is 197 Å². The van der Waals surface area contributed by atoms with Crippen molar-refractivity contribution in [2.75, 3.05) is 38.7 Å². The third-order valence-electron chi connectivity index (χ3n) is 5.73. The number of benzene rings is 2. The van der Waals surface area contributed by atoms with Crippen molar-refractivity contribution in [1.82, 2.24) is 9.21 Å². The summed E-state index contributed by atoms with van der Waals surface area (Å²) in [7, 11) is -2.38. The molecule has 10 nitrogen and oxygen atoms in total. The summed E-state index contributed by atoms with van der Waals surface area (Å²) in [6, 6.07) is 10.9. The van der Waals surface area contributed by atoms with Crippen molar-refractivity contribution < 1.29 is 32.3 Å². The van der Waals surface area contributed by atoms with E-state index in [0.29, 0.717) is 18.9 Å². The molecule has 2 aliphatic rings. The van der Waals surface area contributed by atoms with E-state index >= 15 is 0 Å². The van der Waals surface area contributed by atoms with Crippen LogP contribution in [0.4, 0.5) is 5.69 Å². The van der Waals surface area contributed by atoms with Crippen molar-refractivity contribution >= 4 is 33.4 Å². The molecule has 2 saturated heterocycles. The van der Waals surface area contributed by atoms with Gasteiger partial charge in [0.05, 0.1) is 37.3 Å². The first kappa shape index (κ1) is 23.9. The summed E-state index contributed by atoms with van der Waals surface area (Å²) in [5, 5.41) is 2.73. The molecule has 180 valence electrons. The highest BCUT2D eigenvalue weighted by molar-refractivity contribution is 7.89. The Hall–Kier alpha value is -3.28. The fourth-order valence-electron chi connectivity index (χ4n) is 3.83. The van der Waals surface area contributed by atoms with Crippen LogP contribution in [0.5, 0.6) is 5.75 Å². The zero-order valence-corrected chi connectivity index (χ0v) is 19.5. The Bertz CT molecular complexity index is 1190. The van der Waals surface area contributed by atoms with E-state index in [4.69, 9.17) is 9.47 Å². The third-order valence-corrected chi connectivity index (χ3v) is 7.63. The van der Waals surface area contributed by atoms with Gasteiger partial charge in [0.2, 0.25) is 21.8 Å². The van der Waals surface area contributed by atoms with Crippen molar-refractivity contribution in [3.63, 3.8) is 0 Å². The molecule has 4 rings (SSSR count). The van der Waals surface area contributed by atoms with E-state index in [1.54, 1.807) is 24.3 Å². The van der Waals surface area contributed by atoms with Gasteiger partial charge in [-0.3, -0.25) is 19.3 Å². The van der Waals surface area contributed by atoms with Gasteiger partial charge in [-0.1, -0.05) is 12.1 Å². The van der Waals surface area contributed by atoms with Gasteiger partial charge in [-0.2, -0.15) is 4.31 Å². The average Bonchev–Trinajstić information content (AvgIpc) is 3.17. The summed E-state index contributed by atoms with van der Waals surface area (Å²) in [6.45, 7) is 1.31. The molecule has 2 aromatic rings. The molecule has 3 amide bonds. The summed E-state index contributed by atoms with van der Waals surface area (Å²) in [6.07, 6.45) is 0.463. The lowest BCUT2D eigenvalue weighted by Crippen LogP contribution is -2.40. The van der Waals surface area contributed by atoms with Crippen LogP contribution in [-0.2, 0) is 30.9 Å². The van der Waals surface area contributed by atoms with Crippen LogP contribution in [0.15, 0.2) is 47.4 Å². The highest BCUT2D eigenvalue weighted by Crippen LogP contribution is 2.26. The number of sulfonamides is 1. The first-order chi connectivity index (χ1) is 16.3. The second kappa shape index (κ2) is 9.92. The van der Waals surface area contributed by atoms with Gasteiger partial charge >= 0.3 is 0 Å². The molecule has 2 aromatic carbocycles. The predicted octanol–water partition coefficient (Wildman–Crippen LogP) is 1.62. The number of imide groups is 1. The number of amides is 3. The Morgan fingerprint density at radius 2 is 1.68 bits per heavy atom. The first-order valence-electron chi connectivity index (χ1n) is 10.8. The maximum atomic E-state index is 13.0. The van der Waals surface area contributed by atoms with Crippen LogP contribution < -0.4 is 10.1 Å². The smallest absolute Gasteiger partial charge is 0.259 e. The maximum Gasteiger partial charge on any atom is 0.259 e. The van der Waals surface area contributed by atoms with Gasteiger partial charge in [0.25, 0.3) is 5.91 Å². The molecule has 0 atom stereocenters. The monoisotopic (exact) mass is 487 g/mol. The molecule has 0 spiro atoms. The van der Waals surface area contributed by atoms with E-state index in [1.807, 2.05) is 0 Å². The van der Waals surface area contributed by atoms with E-state index in [-0.39, 0.29) is 60.5 Å². The predicted molar refractivity (Wildman–Crippen MR) is 122 cm³/mol. The Kier molecular flexibility index (Phi) is 6.96. The van der Waals surface area contributed by atoms with Gasteiger partial charge in [0.1, 0.15) is 5.75 Å². The number of methoxy groups -OCH3 is 1. The molecule has 2 aliphatic heterocycles. The van der Waals surface area contributed by atoms with Gasteiger partial charge in [-0.15, -0.1) is 0 Å². The molecule has 0 unspecified atom stereocenters. The largest absolute Gasteiger partial charge is 0.496 e. The van der Waals surface area contributed by atoms with Crippen LogP contribution in [0, 0.1) is 0 Å². The average molecular weight is 488 g/mol. The molecule has 0 radical (unpaired) electrons. The molecule has 34 heavy (non-hydrogen) atoms. The van der Waals surface area contributed by atoms with Crippen molar-refractivity contribution in [3.8, 4) is 5.75 Å². The van der Waals surface area contributed by atoms with Crippen molar-refractivity contribution in [2.24, 2.45) is 0 Å². The van der Waals surface area contributed by atoms with Crippen LogP contribution >= 0.6 is 0 Å². The molecule has 2 fully saturated rings. The lowest BCUT2D eigenvalue weighted by Gasteiger charge is -2.26. The minimum Gasteiger partial charge on any atom is -0.496 e. The van der Waals surface area contributed by atoms with Gasteiger partial charge < -0.3 is 14.8 Å². The lowest BCUT2D eigenvalue weighted by atomic mass is 10.1. The van der Waals surface area contributed by atoms with E-state index in [1.165, 1.54) is 34.5 Å². The first-order valence-corrected chi connectivity index (χ1v) is 12.2. The molecule has 2 heterocycles. The highest BCUT2D eigenvalue weighted by Gasteiger charge is 2.29. The van der Waals surface area contributed by atoms with Gasteiger partial charge in [-0.25, -0.2) is 8.42 Å². The third kappa shape index (κ3) is 4.96. The topological polar surface area (TPSA) is 122 Å². The summed E-state index contributed by atoms with van der Waals surface area (Å²) in [5.41, 5.74) is 1.29. The number of anilines is 1. The number of nitrogens with zero attached hydrogens (tertiary/aromatic N) is 2. The molecule has 0 aromatic heterocycles. The van der Waals surface area contributed by atoms with Crippen molar-refractivity contribution in [2.45, 2.75) is 24.3 Å². The number of rotatable bonds is 7. The Morgan fingerprint density at radius 1 is 1.03 bits per heavy atom. The molecule has 0 saturated carbocycles. The SMILES string of the molecule is COc1ccc(S(=O)(=O)N2CCOCC2)cc1C(=O)Nc1ccc(CN2C(=O)CCC2=O)cc1. The second-order valence-corrected chi connectivity index (χ2v) is 9.84. The standard InChI is InChI=1S/C23H25N3O7S/c1-32-20-7-6-18(34(30,31)25-10-12-33-13-11-25)14-19(20)23(29)24-17-4-2-16(3-5-17)15-26-21(27)8-9-22(26)28/h2-7,14H,8-13,15H2,1H3,(H,24,29). The number of carbonyl (C=O) groups is 3. The summed E-state index contributed by atoms with van der Waals surface area (Å²) >= 11 is 0. The van der Waals surface area contributed by atoms with Crippen LogP contribution in [0.2, 0.25) is 0 Å². The lowest BCUT2D eigenvalue weighted by molar-refractivity contribution is -0.139. The van der Waals surface area contributed by atoms with Gasteiger partial charge in [-0.05, 0) is 35.9 Å². The van der Waals surface area contributed by atoms with Crippen molar-refractivity contribution in [3.05, 3.63) is 53.6 Å². The number of nitrogens with one attached hydrogen (secondary N) is 1. The number of morpholine rings is 1. The summed E-state index contributed by atoms with van der Waals surface area (Å²) in [4.78, 5) is 37.8. The minimum atomic E-state index is -3.78. The number of hydrogen-bond donors (Lipinski definition) is 1. The Morgan fingerprint density at radius 3 is 2.29 bits per heavy atom. The quantitative estimate of drug-likeness (QED) is 0.589. The van der Waals surface area contributed by atoms with Crippen molar-refractivity contribution in [1.29, 1.82) is 0 Å². The summed E-state index contributed by atoms with van der Waals surface area (Å²) < 4.78 is 37.8. The zero-order chi connectivity index (χ0) is 24.3. The van der Waals surface area contributed by atoms with Crippen LogP contribution in [0.25, 0.3) is 0 Å². The molecule has 0 bridgehead atoms. The van der Waals surface area contributed by atoms with Gasteiger partial charge in [0.15, 0.2) is 0 Å². The molecule has 1 N–H and O–H groups in total. The fourth-order valence-corrected chi connectivity index (χ4v) is 5.27. The molecular weight excluding hydrogens is 462 g/mol. The van der Waals surface area contributed by atoms with E-state index in [9.17, 15) is 22.8 Å². The molecular formula is C23H25N3O7S. The molecule has 11 heteroatoms.